The van der Waals surface area contributed by atoms with Gasteiger partial charge in [-0.25, -0.2) is 18.3 Å². The van der Waals surface area contributed by atoms with E-state index in [1.165, 1.54) is 152 Å². The zero-order valence-electron chi connectivity index (χ0n) is 72.9. The van der Waals surface area contributed by atoms with Crippen molar-refractivity contribution in [3.05, 3.63) is 189 Å². The molecule has 0 N–H and O–H groups in total. The lowest BCUT2D eigenvalue weighted by atomic mass is 9.85. The molecule has 0 amide bonds. The van der Waals surface area contributed by atoms with Crippen molar-refractivity contribution in [2.75, 3.05) is 0 Å². The van der Waals surface area contributed by atoms with Gasteiger partial charge in [0.1, 0.15) is 28.2 Å². The number of hydrogen-bond acceptors (Lipinski definition) is 0. The molecule has 0 atom stereocenters. The number of pyridine rings is 4. The van der Waals surface area contributed by atoms with Crippen LogP contribution in [0.1, 0.15) is 226 Å². The molecular formula is C96H148N4Si4+4. The second-order valence-corrected chi connectivity index (χ2v) is 60.9. The summed E-state index contributed by atoms with van der Waals surface area (Å²) in [5, 5.41) is 6.55. The Labute approximate surface area is 642 Å². The Kier molecular flexibility index (Phi) is 27.9. The smallest absolute Gasteiger partial charge is 0.201 e. The van der Waals surface area contributed by atoms with Gasteiger partial charge in [0.25, 0.3) is 0 Å². The average Bonchev–Trinajstić information content (AvgIpc) is 1.07. The number of hydrogen-bond donors (Lipinski definition) is 0. The summed E-state index contributed by atoms with van der Waals surface area (Å²) in [6.45, 7) is 71.0. The minimum Gasteiger partial charge on any atom is -0.201 e. The molecule has 0 unspecified atom stereocenters. The minimum atomic E-state index is -1.43. The third-order valence-electron chi connectivity index (χ3n) is 22.0. The molecule has 2 aliphatic carbocycles. The first kappa shape index (κ1) is 85.6. The van der Waals surface area contributed by atoms with E-state index in [1.807, 2.05) is 0 Å². The Balaban J connectivity index is 0.000000194. The zero-order valence-corrected chi connectivity index (χ0v) is 76.9. The van der Waals surface area contributed by atoms with Crippen LogP contribution in [-0.2, 0) is 52.9 Å². The van der Waals surface area contributed by atoms with Crippen molar-refractivity contribution in [2.45, 2.75) is 297 Å². The molecule has 104 heavy (non-hydrogen) atoms. The Morgan fingerprint density at radius 1 is 0.375 bits per heavy atom. The van der Waals surface area contributed by atoms with E-state index in [2.05, 4.69) is 371 Å². The van der Waals surface area contributed by atoms with E-state index in [0.29, 0.717) is 22.7 Å². The molecule has 4 nitrogen and oxygen atoms in total. The molecule has 0 bridgehead atoms. The summed E-state index contributed by atoms with van der Waals surface area (Å²) >= 11 is 0. The van der Waals surface area contributed by atoms with E-state index < -0.39 is 32.3 Å². The Morgan fingerprint density at radius 2 is 0.731 bits per heavy atom. The van der Waals surface area contributed by atoms with E-state index in [9.17, 15) is 0 Å². The molecule has 8 aromatic rings. The van der Waals surface area contributed by atoms with E-state index >= 15 is 0 Å². The van der Waals surface area contributed by atoms with Gasteiger partial charge in [0.05, 0.1) is 32.3 Å². The van der Waals surface area contributed by atoms with Crippen molar-refractivity contribution in [1.29, 1.82) is 0 Å². The predicted molar refractivity (Wildman–Crippen MR) is 468 cm³/mol. The SMILES string of the molecule is Cc1cc(C(C)(C)C)ccc1-c1cc([Si](C)(C)C)c(C2CCCC2)c[n+]1C.Cc1cc(CC(C)C)ccc1-c1cc([Si](C)(C)C)c(C2CCCC2)c[n+]1C.Cc1ccc(C(C)C)cc1-c1cc([Si](C)(C)C)c(CC(C)(C)C)c[n+]1C.Cc1ccc(C)c(-c2cc([Si](C)(C)C)c(CC(C)(C)C)c[n+]2C)c1. The second-order valence-electron chi connectivity index (χ2n) is 40.7. The van der Waals surface area contributed by atoms with Crippen LogP contribution in [0.4, 0.5) is 0 Å². The fraction of sp³-hybridized carbons (Fsp3) is 0.542. The van der Waals surface area contributed by atoms with Crippen LogP contribution in [-0.4, -0.2) is 32.3 Å². The summed E-state index contributed by atoms with van der Waals surface area (Å²) in [7, 11) is 3.23. The highest BCUT2D eigenvalue weighted by Gasteiger charge is 2.35. The largest absolute Gasteiger partial charge is 0.212 e. The van der Waals surface area contributed by atoms with Gasteiger partial charge in [-0.1, -0.05) is 248 Å². The van der Waals surface area contributed by atoms with Gasteiger partial charge in [-0.15, -0.1) is 0 Å². The van der Waals surface area contributed by atoms with Gasteiger partial charge in [0.15, 0.2) is 24.8 Å². The molecular weight excluding hydrogens is 1320 g/mol. The summed E-state index contributed by atoms with van der Waals surface area (Å²) in [5.74, 6) is 2.81. The first-order valence-corrected chi connectivity index (χ1v) is 54.4. The summed E-state index contributed by atoms with van der Waals surface area (Å²) in [6, 6.07) is 37.9. The van der Waals surface area contributed by atoms with Crippen LogP contribution in [0, 0.1) is 51.4 Å². The molecule has 0 spiro atoms. The van der Waals surface area contributed by atoms with Gasteiger partial charge in [0.2, 0.25) is 22.8 Å². The molecule has 0 saturated heterocycles. The molecule has 4 aromatic carbocycles. The van der Waals surface area contributed by atoms with Crippen LogP contribution >= 0.6 is 0 Å². The minimum absolute atomic E-state index is 0.196. The molecule has 2 aliphatic rings. The summed E-state index contributed by atoms with van der Waals surface area (Å²) < 4.78 is 9.45. The van der Waals surface area contributed by atoms with E-state index in [1.54, 1.807) is 31.9 Å². The predicted octanol–water partition coefficient (Wildman–Crippen LogP) is 22.5. The van der Waals surface area contributed by atoms with Crippen LogP contribution in [0.2, 0.25) is 78.6 Å². The van der Waals surface area contributed by atoms with Gasteiger partial charge in [-0.2, -0.15) is 0 Å². The maximum atomic E-state index is 2.55. The van der Waals surface area contributed by atoms with E-state index in [0.717, 1.165) is 31.1 Å². The van der Waals surface area contributed by atoms with Crippen LogP contribution in [0.5, 0.6) is 0 Å². The third kappa shape index (κ3) is 22.7. The molecule has 4 heterocycles. The lowest BCUT2D eigenvalue weighted by Crippen LogP contribution is -2.45. The van der Waals surface area contributed by atoms with Crippen molar-refractivity contribution < 1.29 is 18.3 Å². The molecule has 8 heteroatoms. The first-order chi connectivity index (χ1) is 47.8. The van der Waals surface area contributed by atoms with Crippen molar-refractivity contribution in [3.63, 3.8) is 0 Å². The normalized spacial score (nSPS) is 14.3. The summed E-state index contributed by atoms with van der Waals surface area (Å²) in [5.41, 5.74) is 29.2. The maximum absolute atomic E-state index is 2.55. The van der Waals surface area contributed by atoms with Crippen LogP contribution in [0.3, 0.4) is 0 Å². The monoisotopic (exact) mass is 1470 g/mol. The van der Waals surface area contributed by atoms with Gasteiger partial charge >= 0.3 is 0 Å². The van der Waals surface area contributed by atoms with Crippen LogP contribution < -0.4 is 39.0 Å². The Bertz CT molecular complexity index is 4270. The van der Waals surface area contributed by atoms with Crippen molar-refractivity contribution in [1.82, 2.24) is 0 Å². The summed E-state index contributed by atoms with van der Waals surface area (Å²) in [4.78, 5) is 0. The third-order valence-corrected chi connectivity index (χ3v) is 30.3. The number of benzene rings is 4. The lowest BCUT2D eigenvalue weighted by Gasteiger charge is -2.25. The van der Waals surface area contributed by atoms with Crippen molar-refractivity contribution >= 4 is 53.0 Å². The molecule has 564 valence electrons. The zero-order chi connectivity index (χ0) is 77.9. The lowest BCUT2D eigenvalue weighted by molar-refractivity contribution is -0.660. The van der Waals surface area contributed by atoms with Gasteiger partial charge < -0.3 is 0 Å². The molecule has 10 rings (SSSR count). The topological polar surface area (TPSA) is 15.5 Å². The van der Waals surface area contributed by atoms with Crippen LogP contribution in [0.15, 0.2) is 122 Å². The average molecular weight is 1470 g/mol. The Hall–Kier alpha value is -5.65. The number of aromatic nitrogens is 4. The van der Waals surface area contributed by atoms with Crippen molar-refractivity contribution in [3.8, 4) is 45.0 Å². The van der Waals surface area contributed by atoms with E-state index in [4.69, 9.17) is 0 Å². The fourth-order valence-electron chi connectivity index (χ4n) is 16.4. The maximum Gasteiger partial charge on any atom is 0.212 e. The van der Waals surface area contributed by atoms with Gasteiger partial charge in [-0.05, 0) is 203 Å². The first-order valence-electron chi connectivity index (χ1n) is 40.4. The standard InChI is InChI=1S/2C25H38NSi.C24H38NSi.C22H34NSi/c1-18-15-20(25(2,3)4)13-14-21(18)23-16-24(27(6,7)8)22(17-26(23)5)19-11-9-10-12-19;1-18(2)14-20-12-13-22(19(3)15-20)24-16-25(27(5,6)7)23(17-26(24)4)21-10-8-9-11-21;1-17(2)19-12-11-18(3)21(13-19)22-14-23(26(8,9)10)20(16-25(22)7)15-24(4,5)6;1-16-10-11-17(2)19(12-16)20-13-21(24(7,8)9)18(15-23(20)6)14-22(3,4)5/h13-17,19H,9-12H2,1-8H3;12-13,15-18,21H,8-11,14H2,1-7H3;11-14,16-17H,15H2,1-10H3;10-13,15H,14H2,1-9H3/q4*+1. The van der Waals surface area contributed by atoms with E-state index in [-0.39, 0.29) is 5.41 Å². The second kappa shape index (κ2) is 33.9. The van der Waals surface area contributed by atoms with Gasteiger partial charge in [0, 0.05) is 68.8 Å². The molecule has 0 aliphatic heterocycles. The molecule has 2 fully saturated rings. The molecule has 0 radical (unpaired) electrons. The highest BCUT2D eigenvalue weighted by Crippen LogP contribution is 2.38. The fourth-order valence-corrected chi connectivity index (χ4v) is 23.2. The van der Waals surface area contributed by atoms with Crippen molar-refractivity contribution in [2.24, 2.45) is 44.9 Å². The quantitative estimate of drug-likeness (QED) is 0.0718. The molecule has 4 aromatic heterocycles. The Morgan fingerprint density at radius 3 is 1.09 bits per heavy atom. The molecule has 2 saturated carbocycles. The number of rotatable bonds is 15. The number of nitrogens with zero attached hydrogens (tertiary/aromatic N) is 4. The summed E-state index contributed by atoms with van der Waals surface area (Å²) in [6.07, 6.45) is 24.2. The highest BCUT2D eigenvalue weighted by molar-refractivity contribution is 6.90. The highest BCUT2D eigenvalue weighted by atomic mass is 28.3. The number of aryl methyl sites for hydroxylation is 9. The van der Waals surface area contributed by atoms with Gasteiger partial charge in [-0.3, -0.25) is 0 Å². The van der Waals surface area contributed by atoms with Crippen LogP contribution in [0.25, 0.3) is 45.0 Å².